The van der Waals surface area contributed by atoms with Gasteiger partial charge in [-0.1, -0.05) is 0 Å². The van der Waals surface area contributed by atoms with Gasteiger partial charge in [0.05, 0.1) is 0 Å². The van der Waals surface area contributed by atoms with E-state index in [0.717, 1.165) is 5.23 Å². The van der Waals surface area contributed by atoms with Crippen LogP contribution < -0.4 is 0 Å². The first-order valence-corrected chi connectivity index (χ1v) is 2.16. The van der Waals surface area contributed by atoms with Crippen molar-refractivity contribution in [2.24, 2.45) is 0 Å². The maximum Gasteiger partial charge on any atom is 0.202 e. The largest absolute Gasteiger partial charge is 0.220 e. The molecule has 0 fully saturated rings. The van der Waals surface area contributed by atoms with E-state index >= 15 is 0 Å². The fraction of sp³-hybridized carbons (Fsp3) is 0.500. The molecule has 0 spiro atoms. The smallest absolute Gasteiger partial charge is 0.202 e. The predicted octanol–water partition coefficient (Wildman–Crippen LogP) is 0.797. The molecule has 0 aromatic rings. The highest BCUT2D eigenvalue weighted by Gasteiger charge is 1.07. The molecule has 0 aliphatic rings. The molecule has 0 unspecified atom stereocenters. The molecule has 0 saturated heterocycles. The monoisotopic (exact) mass is 108 g/mol. The molecule has 0 rings (SSSR count). The van der Waals surface area contributed by atoms with Crippen LogP contribution in [-0.2, 0) is 4.79 Å². The third-order valence-corrected chi connectivity index (χ3v) is 0. The minimum Gasteiger partial charge on any atom is -0.220 e. The number of hydrogen-bond donors (Lipinski definition) is 1. The van der Waals surface area contributed by atoms with Gasteiger partial charge in [0, 0.05) is 12.2 Å². The van der Waals surface area contributed by atoms with E-state index in [4.69, 9.17) is 4.79 Å². The Morgan fingerprint density at radius 1 is 1.80 bits per heavy atom. The molecule has 0 amide bonds. The van der Waals surface area contributed by atoms with Gasteiger partial charge in [0.2, 0.25) is 5.23 Å². The van der Waals surface area contributed by atoms with Crippen molar-refractivity contribution in [2.45, 2.75) is 0 Å². The van der Waals surface area contributed by atoms with Crippen molar-refractivity contribution in [1.29, 1.82) is 0 Å². The van der Waals surface area contributed by atoms with Gasteiger partial charge in [-0.2, -0.15) is 12.6 Å². The van der Waals surface area contributed by atoms with Gasteiger partial charge in [-0.25, -0.2) is 4.79 Å². The first kappa shape index (κ1) is 8.94. The summed E-state index contributed by atoms with van der Waals surface area (Å²) in [7, 11) is 0. The zero-order valence-electron chi connectivity index (χ0n) is 2.76. The van der Waals surface area contributed by atoms with Crippen molar-refractivity contribution in [1.82, 2.24) is 0 Å². The van der Waals surface area contributed by atoms with Crippen LogP contribution in [0.3, 0.4) is 0 Å². The van der Waals surface area contributed by atoms with E-state index in [0.29, 0.717) is 0 Å². The second kappa shape index (κ2) is 31.1. The summed E-state index contributed by atoms with van der Waals surface area (Å²) < 4.78 is 0. The molecular formula is C2H4OS2. The quantitative estimate of drug-likeness (QED) is 0.365. The van der Waals surface area contributed by atoms with Crippen LogP contribution in [0, 0.1) is 0 Å². The van der Waals surface area contributed by atoms with Gasteiger partial charge in [-0.05, 0) is 6.26 Å². The van der Waals surface area contributed by atoms with Crippen molar-refractivity contribution in [3.8, 4) is 0 Å². The van der Waals surface area contributed by atoms with Crippen molar-refractivity contribution in [3.05, 3.63) is 0 Å². The van der Waals surface area contributed by atoms with Crippen LogP contribution in [0.4, 0.5) is 0 Å². The fourth-order valence-electron chi connectivity index (χ4n) is 0. The minimum absolute atomic E-state index is 1.08. The molecule has 0 aliphatic carbocycles. The maximum absolute atomic E-state index is 8.50. The Balaban J connectivity index is 0. The summed E-state index contributed by atoms with van der Waals surface area (Å²) in [5.74, 6) is 0. The van der Waals surface area contributed by atoms with Crippen molar-refractivity contribution in [2.75, 3.05) is 6.26 Å². The van der Waals surface area contributed by atoms with E-state index in [2.05, 4.69) is 24.8 Å². The maximum atomic E-state index is 8.50. The minimum atomic E-state index is 1.08. The molecule has 0 bridgehead atoms. The van der Waals surface area contributed by atoms with E-state index in [1.807, 2.05) is 0 Å². The lowest BCUT2D eigenvalue weighted by Gasteiger charge is -1.11. The Morgan fingerprint density at radius 3 is 1.80 bits per heavy atom. The third-order valence-electron chi connectivity index (χ3n) is 0. The standard InChI is InChI=1S/COS.CH4S/c2-1-3;1-2/h;2H,1H3. The average Bonchev–Trinajstić information content (AvgIpc) is 1.46. The summed E-state index contributed by atoms with van der Waals surface area (Å²) in [5.41, 5.74) is 0. The van der Waals surface area contributed by atoms with Crippen molar-refractivity contribution >= 4 is 30.1 Å². The van der Waals surface area contributed by atoms with Crippen LogP contribution in [0.15, 0.2) is 0 Å². The lowest BCUT2D eigenvalue weighted by molar-refractivity contribution is 0.572. The average molecular weight is 108 g/mol. The number of carbonyl (C=O) groups excluding carboxylic acids is 1. The number of rotatable bonds is 0. The molecule has 0 aromatic heterocycles. The van der Waals surface area contributed by atoms with Gasteiger partial charge in [-0.3, -0.25) is 0 Å². The SMILES string of the molecule is CS.O=C=S. The second-order valence-corrected chi connectivity index (χ2v) is 0.250. The molecule has 3 heteroatoms. The predicted molar refractivity (Wildman–Crippen MR) is 28.2 cm³/mol. The Kier molecular flexibility index (Phi) is 55.7. The Hall–Kier alpha value is 0.150. The summed E-state index contributed by atoms with van der Waals surface area (Å²) in [4.78, 5) is 8.50. The molecular weight excluding hydrogens is 104 g/mol. The number of thiocarbonyl (C=S) groups is 1. The van der Waals surface area contributed by atoms with Crippen LogP contribution in [0.2, 0.25) is 0 Å². The third kappa shape index (κ3) is 853. The first-order valence-electron chi connectivity index (χ1n) is 0.855. The lowest BCUT2D eigenvalue weighted by Crippen LogP contribution is -1.08. The second-order valence-electron chi connectivity index (χ2n) is 0.0833. The van der Waals surface area contributed by atoms with E-state index in [9.17, 15) is 0 Å². The van der Waals surface area contributed by atoms with E-state index in [1.54, 1.807) is 6.26 Å². The summed E-state index contributed by atoms with van der Waals surface area (Å²) >= 11 is 7.12. The highest BCUT2D eigenvalue weighted by Crippen LogP contribution is 1.31. The topological polar surface area (TPSA) is 17.1 Å². The normalized spacial score (nSPS) is 2.80. The van der Waals surface area contributed by atoms with Crippen LogP contribution in [0.1, 0.15) is 0 Å². The molecule has 5 heavy (non-hydrogen) atoms. The van der Waals surface area contributed by atoms with Crippen LogP contribution in [-0.4, -0.2) is 11.5 Å². The Labute approximate surface area is 41.8 Å². The molecule has 0 atom stereocenters. The van der Waals surface area contributed by atoms with E-state index in [1.165, 1.54) is 0 Å². The van der Waals surface area contributed by atoms with Crippen LogP contribution >= 0.6 is 24.8 Å². The Bertz CT molecular complexity index is 28.6. The van der Waals surface area contributed by atoms with Gasteiger partial charge in [0.1, 0.15) is 0 Å². The van der Waals surface area contributed by atoms with Crippen LogP contribution in [0.5, 0.6) is 0 Å². The highest BCUT2D eigenvalue weighted by atomic mass is 32.1. The van der Waals surface area contributed by atoms with Crippen molar-refractivity contribution in [3.63, 3.8) is 0 Å². The summed E-state index contributed by atoms with van der Waals surface area (Å²) in [6.07, 6.45) is 1.69. The molecule has 0 N–H and O–H groups in total. The molecule has 0 radical (unpaired) electrons. The molecule has 1 nitrogen and oxygen atoms in total. The molecule has 0 heterocycles. The molecule has 30 valence electrons. The summed E-state index contributed by atoms with van der Waals surface area (Å²) in [5, 5.41) is 1.08. The summed E-state index contributed by atoms with van der Waals surface area (Å²) in [6, 6.07) is 0. The zero-order valence-corrected chi connectivity index (χ0v) is 4.47. The Morgan fingerprint density at radius 2 is 1.80 bits per heavy atom. The van der Waals surface area contributed by atoms with Crippen molar-refractivity contribution < 1.29 is 4.79 Å². The van der Waals surface area contributed by atoms with Gasteiger partial charge < -0.3 is 0 Å². The molecule has 0 aromatic carbocycles. The van der Waals surface area contributed by atoms with Crippen LogP contribution in [0.25, 0.3) is 0 Å². The fourth-order valence-corrected chi connectivity index (χ4v) is 0. The molecule has 0 saturated carbocycles. The van der Waals surface area contributed by atoms with Gasteiger partial charge in [-0.15, -0.1) is 0 Å². The highest BCUT2D eigenvalue weighted by molar-refractivity contribution is 7.79. The van der Waals surface area contributed by atoms with E-state index in [-0.39, 0.29) is 0 Å². The van der Waals surface area contributed by atoms with Gasteiger partial charge in [0.25, 0.3) is 0 Å². The number of thiol groups is 1. The van der Waals surface area contributed by atoms with E-state index < -0.39 is 0 Å². The lowest BCUT2D eigenvalue weighted by atomic mass is 11.9. The van der Waals surface area contributed by atoms with Gasteiger partial charge >= 0.3 is 0 Å². The van der Waals surface area contributed by atoms with Gasteiger partial charge in [0.15, 0.2) is 0 Å². The molecule has 0 aliphatic heterocycles. The first-order chi connectivity index (χ1) is 2.41. The summed E-state index contributed by atoms with van der Waals surface area (Å²) in [6.45, 7) is 0. The number of hydrogen-bond acceptors (Lipinski definition) is 3. The zero-order chi connectivity index (χ0) is 4.71.